The smallest absolute Gasteiger partial charge is 0.238 e. The molecule has 2 aliphatic rings. The molecular weight excluding hydrogens is 534 g/mol. The van der Waals surface area contributed by atoms with Gasteiger partial charge in [-0.3, -0.25) is 4.90 Å². The van der Waals surface area contributed by atoms with Crippen molar-refractivity contribution >= 4 is 43.3 Å². The van der Waals surface area contributed by atoms with Crippen LogP contribution >= 0.6 is 0 Å². The summed E-state index contributed by atoms with van der Waals surface area (Å²) < 4.78 is 26.6. The van der Waals surface area contributed by atoms with Crippen LogP contribution in [0.3, 0.4) is 0 Å². The molecule has 2 unspecified atom stereocenters. The molecule has 210 valence electrons. The Morgan fingerprint density at radius 1 is 0.951 bits per heavy atom. The maximum Gasteiger partial charge on any atom is 0.238 e. The molecule has 0 spiro atoms. The summed E-state index contributed by atoms with van der Waals surface area (Å²) in [5, 5.41) is 14.6. The fourth-order valence-electron chi connectivity index (χ4n) is 6.46. The lowest BCUT2D eigenvalue weighted by Gasteiger charge is -2.19. The summed E-state index contributed by atoms with van der Waals surface area (Å²) in [7, 11) is -3.37. The molecule has 9 heteroatoms. The lowest BCUT2D eigenvalue weighted by molar-refractivity contribution is 0.217. The first-order chi connectivity index (χ1) is 19.9. The third-order valence-electron chi connectivity index (χ3n) is 8.67. The molecule has 0 amide bonds. The van der Waals surface area contributed by atoms with Crippen LogP contribution in [0, 0.1) is 17.8 Å². The van der Waals surface area contributed by atoms with Gasteiger partial charge in [0.1, 0.15) is 12.1 Å². The summed E-state index contributed by atoms with van der Waals surface area (Å²) in [5.41, 5.74) is 5.85. The van der Waals surface area contributed by atoms with Crippen molar-refractivity contribution in [1.82, 2.24) is 18.8 Å². The van der Waals surface area contributed by atoms with E-state index in [1.807, 2.05) is 37.3 Å². The zero-order valence-electron chi connectivity index (χ0n) is 22.9. The number of aromatic nitrogens is 3. The van der Waals surface area contributed by atoms with Gasteiger partial charge >= 0.3 is 0 Å². The summed E-state index contributed by atoms with van der Waals surface area (Å²) >= 11 is 0. The highest BCUT2D eigenvalue weighted by molar-refractivity contribution is 7.90. The second-order valence-corrected chi connectivity index (χ2v) is 13.3. The number of nitrogens with one attached hydrogen (secondary N) is 1. The van der Waals surface area contributed by atoms with Crippen LogP contribution in [0.15, 0.2) is 79.3 Å². The highest BCUT2D eigenvalue weighted by Gasteiger charge is 2.54. The van der Waals surface area contributed by atoms with E-state index in [2.05, 4.69) is 56.6 Å². The van der Waals surface area contributed by atoms with Crippen LogP contribution < -0.4 is 5.32 Å². The summed E-state index contributed by atoms with van der Waals surface area (Å²) in [4.78, 5) is 11.5. The van der Waals surface area contributed by atoms with E-state index in [0.29, 0.717) is 42.1 Å². The van der Waals surface area contributed by atoms with E-state index >= 15 is 0 Å². The Labute approximate surface area is 239 Å². The molecule has 7 rings (SSSR count). The van der Waals surface area contributed by atoms with Crippen LogP contribution in [0.5, 0.6) is 0 Å². The number of piperidine rings is 1. The minimum Gasteiger partial charge on any atom is -0.396 e. The van der Waals surface area contributed by atoms with E-state index < -0.39 is 10.0 Å². The number of aliphatic hydroxyl groups is 1. The quantitative estimate of drug-likeness (QED) is 0.251. The fraction of sp³-hybridized carbons (Fsp3) is 0.312. The van der Waals surface area contributed by atoms with Gasteiger partial charge in [0.05, 0.1) is 16.8 Å². The van der Waals surface area contributed by atoms with Crippen molar-refractivity contribution in [3.63, 3.8) is 0 Å². The molecule has 1 aliphatic heterocycles. The highest BCUT2D eigenvalue weighted by atomic mass is 32.2. The number of rotatable bonds is 9. The van der Waals surface area contributed by atoms with Gasteiger partial charge in [-0.2, -0.15) is 0 Å². The molecule has 8 nitrogen and oxygen atoms in total. The normalized spacial score (nSPS) is 20.5. The van der Waals surface area contributed by atoms with Gasteiger partial charge in [0, 0.05) is 48.9 Å². The van der Waals surface area contributed by atoms with Crippen LogP contribution in [-0.4, -0.2) is 57.8 Å². The van der Waals surface area contributed by atoms with Crippen molar-refractivity contribution in [3.8, 4) is 11.1 Å². The first kappa shape index (κ1) is 26.1. The van der Waals surface area contributed by atoms with E-state index in [1.165, 1.54) is 9.54 Å². The summed E-state index contributed by atoms with van der Waals surface area (Å²) in [5.74, 6) is 2.71. The van der Waals surface area contributed by atoms with Gasteiger partial charge < -0.3 is 10.4 Å². The Hall–Kier alpha value is -3.79. The molecule has 2 fully saturated rings. The molecule has 5 aromatic rings. The van der Waals surface area contributed by atoms with Gasteiger partial charge in [-0.1, -0.05) is 37.3 Å². The monoisotopic (exact) mass is 567 g/mol. The standard InChI is InChI=1S/C32H33N5O3S/c1-2-13-41(39,40)37-12-11-24-14-25(8-10-31(24)37)35-32-26-15-23(7-9-30(26)33-20-34-32)22-5-3-21(4-6-22)16-36-17-27-28(18-36)29(27)19-38/h3-12,14-15,20,27-29,38H,2,13,16-19H2,1H3,(H,33,34,35). The van der Waals surface area contributed by atoms with Gasteiger partial charge in [-0.15, -0.1) is 0 Å². The number of aliphatic hydroxyl groups excluding tert-OH is 1. The van der Waals surface area contributed by atoms with E-state index in [1.54, 1.807) is 12.5 Å². The Kier molecular flexibility index (Phi) is 6.53. The average molecular weight is 568 g/mol. The number of likely N-dealkylation sites (tertiary alicyclic amines) is 1. The minimum absolute atomic E-state index is 0.111. The Morgan fingerprint density at radius 3 is 2.49 bits per heavy atom. The van der Waals surface area contributed by atoms with Gasteiger partial charge in [0.15, 0.2) is 0 Å². The molecule has 3 heterocycles. The second-order valence-electron chi connectivity index (χ2n) is 11.3. The molecular formula is C32H33N5O3S. The highest BCUT2D eigenvalue weighted by Crippen LogP contribution is 2.51. The van der Waals surface area contributed by atoms with Crippen molar-refractivity contribution < 1.29 is 13.5 Å². The molecule has 0 bridgehead atoms. The van der Waals surface area contributed by atoms with E-state index in [0.717, 1.165) is 52.7 Å². The molecule has 1 saturated carbocycles. The zero-order valence-corrected chi connectivity index (χ0v) is 23.8. The lowest BCUT2D eigenvalue weighted by atomic mass is 10.0. The molecule has 41 heavy (non-hydrogen) atoms. The first-order valence-electron chi connectivity index (χ1n) is 14.2. The van der Waals surface area contributed by atoms with E-state index in [4.69, 9.17) is 0 Å². The number of nitrogens with zero attached hydrogens (tertiary/aromatic N) is 4. The van der Waals surface area contributed by atoms with E-state index in [-0.39, 0.29) is 5.75 Å². The summed E-state index contributed by atoms with van der Waals surface area (Å²) in [6, 6.07) is 22.4. The lowest BCUT2D eigenvalue weighted by Crippen LogP contribution is -2.24. The van der Waals surface area contributed by atoms with Gasteiger partial charge in [0.2, 0.25) is 10.0 Å². The van der Waals surface area contributed by atoms with Crippen molar-refractivity contribution in [2.45, 2.75) is 19.9 Å². The van der Waals surface area contributed by atoms with Crippen molar-refractivity contribution in [3.05, 3.63) is 84.8 Å². The van der Waals surface area contributed by atoms with Gasteiger partial charge in [0.25, 0.3) is 0 Å². The average Bonchev–Trinajstić information content (AvgIpc) is 3.26. The second kappa shape index (κ2) is 10.2. The van der Waals surface area contributed by atoms with Crippen molar-refractivity contribution in [2.75, 3.05) is 30.8 Å². The maximum atomic E-state index is 12.6. The van der Waals surface area contributed by atoms with E-state index in [9.17, 15) is 13.5 Å². The number of hydrogen-bond donors (Lipinski definition) is 2. The number of fused-ring (bicyclic) bond motifs is 3. The van der Waals surface area contributed by atoms with Crippen LogP contribution in [0.2, 0.25) is 0 Å². The van der Waals surface area contributed by atoms with Gasteiger partial charge in [-0.25, -0.2) is 22.4 Å². The number of hydrogen-bond acceptors (Lipinski definition) is 7. The minimum atomic E-state index is -3.37. The SMILES string of the molecule is CCCS(=O)(=O)n1ccc2cc(Nc3ncnc4ccc(-c5ccc(CN6CC7C(CO)C7C6)cc5)cc34)ccc21. The zero-order chi connectivity index (χ0) is 28.1. The third kappa shape index (κ3) is 4.88. The van der Waals surface area contributed by atoms with Crippen LogP contribution in [0.25, 0.3) is 32.9 Å². The molecule has 0 radical (unpaired) electrons. The van der Waals surface area contributed by atoms with Gasteiger partial charge in [-0.05, 0) is 77.3 Å². The van der Waals surface area contributed by atoms with Crippen LogP contribution in [-0.2, 0) is 16.6 Å². The predicted octanol–water partition coefficient (Wildman–Crippen LogP) is 5.25. The predicted molar refractivity (Wildman–Crippen MR) is 163 cm³/mol. The molecule has 1 aliphatic carbocycles. The summed E-state index contributed by atoms with van der Waals surface area (Å²) in [6.45, 7) is 5.33. The summed E-state index contributed by atoms with van der Waals surface area (Å²) in [6.07, 6.45) is 3.74. The van der Waals surface area contributed by atoms with Crippen molar-refractivity contribution in [2.24, 2.45) is 17.8 Å². The topological polar surface area (TPSA) is 100 Å². The Balaban J connectivity index is 1.11. The molecule has 2 N–H and O–H groups in total. The number of benzene rings is 3. The molecule has 1 saturated heterocycles. The Bertz CT molecular complexity index is 1840. The Morgan fingerprint density at radius 2 is 1.73 bits per heavy atom. The van der Waals surface area contributed by atoms with Crippen LogP contribution in [0.1, 0.15) is 18.9 Å². The van der Waals surface area contributed by atoms with Crippen molar-refractivity contribution in [1.29, 1.82) is 0 Å². The molecule has 3 aromatic carbocycles. The largest absolute Gasteiger partial charge is 0.396 e. The third-order valence-corrected chi connectivity index (χ3v) is 10.5. The number of anilines is 2. The van der Waals surface area contributed by atoms with Crippen LogP contribution in [0.4, 0.5) is 11.5 Å². The fourth-order valence-corrected chi connectivity index (χ4v) is 7.89. The molecule has 2 atom stereocenters. The molecule has 2 aromatic heterocycles. The first-order valence-corrected chi connectivity index (χ1v) is 15.8. The maximum absolute atomic E-state index is 12.6.